The molecule has 2 aliphatic carbocycles. The van der Waals surface area contributed by atoms with Gasteiger partial charge in [-0.15, -0.1) is 0 Å². The Hall–Kier alpha value is -2.95. The summed E-state index contributed by atoms with van der Waals surface area (Å²) in [6.07, 6.45) is 8.42. The quantitative estimate of drug-likeness (QED) is 0.705. The summed E-state index contributed by atoms with van der Waals surface area (Å²) in [5.41, 5.74) is 5.70. The fraction of sp³-hybridized carbons (Fsp3) is 0.348. The Balaban J connectivity index is 1.57. The Bertz CT molecular complexity index is 1010. The number of benzene rings is 1. The molecule has 5 nitrogen and oxygen atoms in total. The topological polar surface area (TPSA) is 59.8 Å². The molecule has 3 aromatic rings. The molecule has 5 rings (SSSR count). The minimum atomic E-state index is -0.00836. The van der Waals surface area contributed by atoms with Gasteiger partial charge in [-0.05, 0) is 74.4 Å². The van der Waals surface area contributed by atoms with E-state index in [-0.39, 0.29) is 5.91 Å². The molecule has 0 aliphatic heterocycles. The van der Waals surface area contributed by atoms with E-state index in [0.717, 1.165) is 53.4 Å². The van der Waals surface area contributed by atoms with Crippen LogP contribution in [0.4, 0.5) is 0 Å². The first kappa shape index (κ1) is 17.2. The second-order valence-corrected chi connectivity index (χ2v) is 8.11. The lowest BCUT2D eigenvalue weighted by molar-refractivity contribution is 0.0951. The molecule has 28 heavy (non-hydrogen) atoms. The molecule has 2 saturated carbocycles. The third-order valence-electron chi connectivity index (χ3n) is 5.46. The molecule has 1 N–H and O–H groups in total. The van der Waals surface area contributed by atoms with E-state index < -0.39 is 0 Å². The van der Waals surface area contributed by atoms with Crippen molar-refractivity contribution in [2.45, 2.75) is 45.2 Å². The van der Waals surface area contributed by atoms with Crippen LogP contribution in [0.1, 0.15) is 41.6 Å². The average Bonchev–Trinajstić information content (AvgIpc) is 3.62. The van der Waals surface area contributed by atoms with Gasteiger partial charge in [-0.25, -0.2) is 0 Å². The zero-order valence-electron chi connectivity index (χ0n) is 16.1. The van der Waals surface area contributed by atoms with Crippen LogP contribution in [0, 0.1) is 12.8 Å². The standard InChI is InChI=1S/C23H24N4O/c1-15-2-7-21(24-13-15)17-10-18(12-19(11-17)23(28)26-20-5-6-20)22-8-9-25-27(22)14-16-3-4-16/h2,7-13,16,20H,3-6,14H2,1H3,(H,26,28). The highest BCUT2D eigenvalue weighted by atomic mass is 16.1. The fourth-order valence-electron chi connectivity index (χ4n) is 3.46. The summed E-state index contributed by atoms with van der Waals surface area (Å²) in [6, 6.07) is 12.5. The second kappa shape index (κ2) is 6.89. The predicted octanol–water partition coefficient (Wildman–Crippen LogP) is 4.22. The number of hydrogen-bond acceptors (Lipinski definition) is 3. The number of amides is 1. The van der Waals surface area contributed by atoms with Gasteiger partial charge in [-0.1, -0.05) is 6.07 Å². The van der Waals surface area contributed by atoms with Crippen molar-refractivity contribution in [2.75, 3.05) is 0 Å². The molecule has 2 aromatic heterocycles. The first-order valence-corrected chi connectivity index (χ1v) is 10.1. The first-order valence-electron chi connectivity index (χ1n) is 10.1. The second-order valence-electron chi connectivity index (χ2n) is 8.11. The van der Waals surface area contributed by atoms with Crippen molar-refractivity contribution in [3.05, 3.63) is 59.9 Å². The summed E-state index contributed by atoms with van der Waals surface area (Å²) < 4.78 is 2.07. The van der Waals surface area contributed by atoms with Gasteiger partial charge in [0, 0.05) is 41.7 Å². The average molecular weight is 372 g/mol. The minimum Gasteiger partial charge on any atom is -0.349 e. The number of aromatic nitrogens is 3. The molecule has 1 aromatic carbocycles. The van der Waals surface area contributed by atoms with Gasteiger partial charge >= 0.3 is 0 Å². The maximum atomic E-state index is 12.8. The SMILES string of the molecule is Cc1ccc(-c2cc(C(=O)NC3CC3)cc(-c3ccnn3CC3CC3)c2)nc1. The lowest BCUT2D eigenvalue weighted by Gasteiger charge is -2.12. The number of nitrogens with one attached hydrogen (secondary N) is 1. The number of carbonyl (C=O) groups excluding carboxylic acids is 1. The van der Waals surface area contributed by atoms with E-state index in [2.05, 4.69) is 32.2 Å². The Labute approximate surface area is 164 Å². The third kappa shape index (κ3) is 3.70. The van der Waals surface area contributed by atoms with Crippen LogP contribution >= 0.6 is 0 Å². The van der Waals surface area contributed by atoms with Crippen molar-refractivity contribution in [3.8, 4) is 22.5 Å². The smallest absolute Gasteiger partial charge is 0.251 e. The number of rotatable bonds is 6. The normalized spacial score (nSPS) is 16.2. The molecule has 0 saturated heterocycles. The highest BCUT2D eigenvalue weighted by Crippen LogP contribution is 2.33. The molecular weight excluding hydrogens is 348 g/mol. The van der Waals surface area contributed by atoms with E-state index in [0.29, 0.717) is 11.6 Å². The lowest BCUT2D eigenvalue weighted by atomic mass is 10.00. The predicted molar refractivity (Wildman–Crippen MR) is 109 cm³/mol. The Morgan fingerprint density at radius 3 is 2.64 bits per heavy atom. The van der Waals surface area contributed by atoms with Gasteiger partial charge in [-0.2, -0.15) is 5.10 Å². The van der Waals surface area contributed by atoms with E-state index >= 15 is 0 Å². The molecule has 5 heteroatoms. The Morgan fingerprint density at radius 1 is 1.11 bits per heavy atom. The number of nitrogens with zero attached hydrogens (tertiary/aromatic N) is 3. The molecule has 0 spiro atoms. The van der Waals surface area contributed by atoms with Crippen LogP contribution in [0.25, 0.3) is 22.5 Å². The molecule has 0 unspecified atom stereocenters. The minimum absolute atomic E-state index is 0.00836. The molecule has 0 bridgehead atoms. The molecule has 142 valence electrons. The number of pyridine rings is 1. The van der Waals surface area contributed by atoms with Crippen molar-refractivity contribution < 1.29 is 4.79 Å². The number of carbonyl (C=O) groups is 1. The maximum absolute atomic E-state index is 12.8. The monoisotopic (exact) mass is 372 g/mol. The largest absolute Gasteiger partial charge is 0.349 e. The van der Waals surface area contributed by atoms with Crippen LogP contribution in [0.5, 0.6) is 0 Å². The Morgan fingerprint density at radius 2 is 1.93 bits per heavy atom. The van der Waals surface area contributed by atoms with Crippen molar-refractivity contribution >= 4 is 5.91 Å². The van der Waals surface area contributed by atoms with Crippen molar-refractivity contribution in [3.63, 3.8) is 0 Å². The van der Waals surface area contributed by atoms with Gasteiger partial charge in [-0.3, -0.25) is 14.5 Å². The summed E-state index contributed by atoms with van der Waals surface area (Å²) in [5.74, 6) is 0.726. The molecular formula is C23H24N4O. The first-order chi connectivity index (χ1) is 13.7. The van der Waals surface area contributed by atoms with Gasteiger partial charge in [0.15, 0.2) is 0 Å². The van der Waals surface area contributed by atoms with Crippen molar-refractivity contribution in [1.29, 1.82) is 0 Å². The highest BCUT2D eigenvalue weighted by Gasteiger charge is 2.25. The van der Waals surface area contributed by atoms with Gasteiger partial charge in [0.2, 0.25) is 0 Å². The van der Waals surface area contributed by atoms with Crippen LogP contribution in [-0.4, -0.2) is 26.7 Å². The molecule has 1 amide bonds. The zero-order valence-corrected chi connectivity index (χ0v) is 16.1. The molecule has 2 fully saturated rings. The fourth-order valence-corrected chi connectivity index (χ4v) is 3.46. The third-order valence-corrected chi connectivity index (χ3v) is 5.46. The molecule has 2 heterocycles. The summed E-state index contributed by atoms with van der Waals surface area (Å²) in [7, 11) is 0. The van der Waals surface area contributed by atoms with Gasteiger partial charge in [0.25, 0.3) is 5.91 Å². The van der Waals surface area contributed by atoms with Crippen molar-refractivity contribution in [1.82, 2.24) is 20.1 Å². The molecule has 0 radical (unpaired) electrons. The zero-order chi connectivity index (χ0) is 19.1. The van der Waals surface area contributed by atoms with Crippen LogP contribution in [0.15, 0.2) is 48.8 Å². The highest BCUT2D eigenvalue weighted by molar-refractivity contribution is 5.97. The summed E-state index contributed by atoms with van der Waals surface area (Å²) >= 11 is 0. The maximum Gasteiger partial charge on any atom is 0.251 e. The van der Waals surface area contributed by atoms with Gasteiger partial charge < -0.3 is 5.32 Å². The van der Waals surface area contributed by atoms with Crippen LogP contribution in [0.2, 0.25) is 0 Å². The lowest BCUT2D eigenvalue weighted by Crippen LogP contribution is -2.25. The van der Waals surface area contributed by atoms with Crippen molar-refractivity contribution in [2.24, 2.45) is 5.92 Å². The summed E-state index contributed by atoms with van der Waals surface area (Å²) in [6.45, 7) is 2.97. The molecule has 0 atom stereocenters. The van der Waals surface area contributed by atoms with Gasteiger partial charge in [0.05, 0.1) is 11.4 Å². The summed E-state index contributed by atoms with van der Waals surface area (Å²) in [4.78, 5) is 17.3. The van der Waals surface area contributed by atoms with Crippen LogP contribution < -0.4 is 5.32 Å². The van der Waals surface area contributed by atoms with E-state index in [1.165, 1.54) is 12.8 Å². The van der Waals surface area contributed by atoms with E-state index in [1.807, 2.05) is 43.6 Å². The number of aryl methyl sites for hydroxylation is 1. The van der Waals surface area contributed by atoms with E-state index in [9.17, 15) is 4.79 Å². The van der Waals surface area contributed by atoms with E-state index in [4.69, 9.17) is 0 Å². The Kier molecular flexibility index (Phi) is 4.23. The molecule has 2 aliphatic rings. The number of hydrogen-bond donors (Lipinski definition) is 1. The van der Waals surface area contributed by atoms with Crippen LogP contribution in [-0.2, 0) is 6.54 Å². The summed E-state index contributed by atoms with van der Waals surface area (Å²) in [5, 5.41) is 7.63. The van der Waals surface area contributed by atoms with E-state index in [1.54, 1.807) is 0 Å². The van der Waals surface area contributed by atoms with Gasteiger partial charge in [0.1, 0.15) is 0 Å². The van der Waals surface area contributed by atoms with Crippen LogP contribution in [0.3, 0.4) is 0 Å².